The first kappa shape index (κ1) is 21.0. The average molecular weight is 427 g/mol. The molecule has 0 heterocycles. The molecule has 0 fully saturated rings. The summed E-state index contributed by atoms with van der Waals surface area (Å²) in [6.45, 7) is 3.81. The minimum Gasteiger partial charge on any atom is -0.491 e. The van der Waals surface area contributed by atoms with Crippen LogP contribution in [0.25, 0.3) is 0 Å². The Morgan fingerprint density at radius 2 is 1.74 bits per heavy atom. The highest BCUT2D eigenvalue weighted by atomic mass is 35.5. The fourth-order valence-corrected chi connectivity index (χ4v) is 2.81. The Morgan fingerprint density at radius 3 is 2.30 bits per heavy atom. The minimum absolute atomic E-state index is 0.00305. The molecule has 0 atom stereocenters. The average Bonchev–Trinajstić information content (AvgIpc) is 2.57. The van der Waals surface area contributed by atoms with Crippen molar-refractivity contribution in [1.29, 1.82) is 0 Å². The molecule has 0 saturated carbocycles. The summed E-state index contributed by atoms with van der Waals surface area (Å²) in [6.07, 6.45) is 0.0290. The van der Waals surface area contributed by atoms with Crippen molar-refractivity contribution in [2.75, 3.05) is 5.32 Å². The normalized spacial score (nSPS) is 10.4. The van der Waals surface area contributed by atoms with Gasteiger partial charge in [-0.25, -0.2) is 4.79 Å². The number of halogens is 2. The number of rotatable bonds is 5. The first-order valence-corrected chi connectivity index (χ1v) is 8.95. The Labute approximate surface area is 171 Å². The van der Waals surface area contributed by atoms with Gasteiger partial charge in [0.05, 0.1) is 27.4 Å². The summed E-state index contributed by atoms with van der Waals surface area (Å²) >= 11 is 17.0. The number of hydrogen-bond acceptors (Lipinski definition) is 4. The molecule has 0 aliphatic carbocycles. The number of carboxylic acid groups (broad SMARTS) is 1. The van der Waals surface area contributed by atoms with Crippen molar-refractivity contribution in [3.05, 3.63) is 57.6 Å². The van der Waals surface area contributed by atoms with Crippen molar-refractivity contribution in [2.45, 2.75) is 20.0 Å². The molecule has 0 aliphatic rings. The lowest BCUT2D eigenvalue weighted by molar-refractivity contribution is 0.0697. The van der Waals surface area contributed by atoms with Crippen molar-refractivity contribution < 1.29 is 19.4 Å². The predicted molar refractivity (Wildman–Crippen MR) is 109 cm³/mol. The van der Waals surface area contributed by atoms with Crippen LogP contribution in [0.1, 0.15) is 34.6 Å². The molecule has 2 aromatic carbocycles. The monoisotopic (exact) mass is 426 g/mol. The van der Waals surface area contributed by atoms with Gasteiger partial charge in [0.15, 0.2) is 5.11 Å². The maximum Gasteiger partial charge on any atom is 0.337 e. The van der Waals surface area contributed by atoms with Crippen LogP contribution in [0.5, 0.6) is 5.75 Å². The third kappa shape index (κ3) is 5.82. The van der Waals surface area contributed by atoms with Crippen molar-refractivity contribution in [1.82, 2.24) is 5.32 Å². The highest BCUT2D eigenvalue weighted by Gasteiger charge is 2.15. The molecule has 2 aromatic rings. The number of carboxylic acids is 1. The number of benzene rings is 2. The van der Waals surface area contributed by atoms with Gasteiger partial charge in [-0.2, -0.15) is 0 Å². The SMILES string of the molecule is CC(C)Oc1ccc(C(=O)NC(=S)Nc2cc(C(=O)O)c(Cl)cc2Cl)cc1. The number of anilines is 1. The number of nitrogens with one attached hydrogen (secondary N) is 2. The van der Waals surface area contributed by atoms with Crippen LogP contribution in [0.3, 0.4) is 0 Å². The third-order valence-corrected chi connectivity index (χ3v) is 4.08. The second kappa shape index (κ2) is 9.03. The molecule has 27 heavy (non-hydrogen) atoms. The van der Waals surface area contributed by atoms with E-state index in [-0.39, 0.29) is 32.5 Å². The first-order valence-electron chi connectivity index (χ1n) is 7.78. The summed E-state index contributed by atoms with van der Waals surface area (Å²) in [7, 11) is 0. The van der Waals surface area contributed by atoms with Crippen LogP contribution in [-0.4, -0.2) is 28.2 Å². The zero-order chi connectivity index (χ0) is 20.1. The summed E-state index contributed by atoms with van der Waals surface area (Å²) < 4.78 is 5.52. The van der Waals surface area contributed by atoms with E-state index in [9.17, 15) is 9.59 Å². The van der Waals surface area contributed by atoms with Gasteiger partial charge in [0.1, 0.15) is 5.75 Å². The molecule has 0 radical (unpaired) electrons. The van der Waals surface area contributed by atoms with Crippen LogP contribution < -0.4 is 15.4 Å². The quantitative estimate of drug-likeness (QED) is 0.605. The van der Waals surface area contributed by atoms with Gasteiger partial charge in [0.2, 0.25) is 0 Å². The van der Waals surface area contributed by atoms with E-state index in [0.717, 1.165) is 0 Å². The zero-order valence-electron chi connectivity index (χ0n) is 14.4. The molecule has 2 rings (SSSR count). The lowest BCUT2D eigenvalue weighted by atomic mass is 10.2. The summed E-state index contributed by atoms with van der Waals surface area (Å²) in [5, 5.41) is 14.4. The third-order valence-electron chi connectivity index (χ3n) is 3.25. The molecule has 0 unspecified atom stereocenters. The highest BCUT2D eigenvalue weighted by Crippen LogP contribution is 2.29. The number of carbonyl (C=O) groups is 2. The Bertz CT molecular complexity index is 886. The number of ether oxygens (including phenoxy) is 1. The van der Waals surface area contributed by atoms with Crippen LogP contribution in [0.2, 0.25) is 10.0 Å². The fraction of sp³-hybridized carbons (Fsp3) is 0.167. The van der Waals surface area contributed by atoms with Gasteiger partial charge in [0.25, 0.3) is 5.91 Å². The van der Waals surface area contributed by atoms with Gasteiger partial charge < -0.3 is 15.2 Å². The van der Waals surface area contributed by atoms with E-state index in [0.29, 0.717) is 11.3 Å². The fourth-order valence-electron chi connectivity index (χ4n) is 2.09. The maximum atomic E-state index is 12.3. The van der Waals surface area contributed by atoms with Crippen LogP contribution >= 0.6 is 35.4 Å². The van der Waals surface area contributed by atoms with Crippen LogP contribution in [0.4, 0.5) is 5.69 Å². The van der Waals surface area contributed by atoms with Gasteiger partial charge in [-0.05, 0) is 62.5 Å². The van der Waals surface area contributed by atoms with E-state index in [2.05, 4.69) is 10.6 Å². The molecular formula is C18H16Cl2N2O4S. The lowest BCUT2D eigenvalue weighted by Gasteiger charge is -2.13. The van der Waals surface area contributed by atoms with Crippen molar-refractivity contribution in [2.24, 2.45) is 0 Å². The molecule has 9 heteroatoms. The van der Waals surface area contributed by atoms with Crippen LogP contribution in [-0.2, 0) is 0 Å². The number of thiocarbonyl (C=S) groups is 1. The van der Waals surface area contributed by atoms with Crippen molar-refractivity contribution >= 4 is 58.1 Å². The number of amides is 1. The number of aromatic carboxylic acids is 1. The Hall–Kier alpha value is -2.35. The van der Waals surface area contributed by atoms with Crippen LogP contribution in [0, 0.1) is 0 Å². The molecule has 1 amide bonds. The largest absolute Gasteiger partial charge is 0.491 e. The predicted octanol–water partition coefficient (Wildman–Crippen LogP) is 4.61. The smallest absolute Gasteiger partial charge is 0.337 e. The second-order valence-electron chi connectivity index (χ2n) is 5.72. The van der Waals surface area contributed by atoms with E-state index in [1.165, 1.54) is 12.1 Å². The molecule has 6 nitrogen and oxygen atoms in total. The van der Waals surface area contributed by atoms with Gasteiger partial charge in [-0.15, -0.1) is 0 Å². The molecule has 0 aromatic heterocycles. The Balaban J connectivity index is 2.06. The molecule has 0 saturated heterocycles. The highest BCUT2D eigenvalue weighted by molar-refractivity contribution is 7.80. The number of carbonyl (C=O) groups excluding carboxylic acids is 1. The minimum atomic E-state index is -1.21. The van der Waals surface area contributed by atoms with Crippen LogP contribution in [0.15, 0.2) is 36.4 Å². The van der Waals surface area contributed by atoms with E-state index in [4.69, 9.17) is 45.3 Å². The summed E-state index contributed by atoms with van der Waals surface area (Å²) in [4.78, 5) is 23.4. The summed E-state index contributed by atoms with van der Waals surface area (Å²) in [6, 6.07) is 9.10. The van der Waals surface area contributed by atoms with Gasteiger partial charge in [-0.1, -0.05) is 23.2 Å². The molecular weight excluding hydrogens is 411 g/mol. The van der Waals surface area contributed by atoms with Gasteiger partial charge in [0, 0.05) is 5.56 Å². The second-order valence-corrected chi connectivity index (χ2v) is 6.94. The van der Waals surface area contributed by atoms with E-state index in [1.54, 1.807) is 24.3 Å². The molecule has 3 N–H and O–H groups in total. The molecule has 0 spiro atoms. The lowest BCUT2D eigenvalue weighted by Crippen LogP contribution is -2.34. The zero-order valence-corrected chi connectivity index (χ0v) is 16.7. The van der Waals surface area contributed by atoms with Gasteiger partial charge in [-0.3, -0.25) is 10.1 Å². The maximum absolute atomic E-state index is 12.3. The van der Waals surface area contributed by atoms with E-state index >= 15 is 0 Å². The van der Waals surface area contributed by atoms with Gasteiger partial charge >= 0.3 is 5.97 Å². The van der Waals surface area contributed by atoms with E-state index in [1.807, 2.05) is 13.8 Å². The van der Waals surface area contributed by atoms with Crippen molar-refractivity contribution in [3.63, 3.8) is 0 Å². The molecule has 0 aliphatic heterocycles. The Morgan fingerprint density at radius 1 is 1.11 bits per heavy atom. The first-order chi connectivity index (χ1) is 12.7. The van der Waals surface area contributed by atoms with E-state index < -0.39 is 11.9 Å². The molecule has 0 bridgehead atoms. The summed E-state index contributed by atoms with van der Waals surface area (Å²) in [5.41, 5.74) is 0.451. The Kier molecular flexibility index (Phi) is 7.01. The number of hydrogen-bond donors (Lipinski definition) is 3. The molecule has 142 valence electrons. The topological polar surface area (TPSA) is 87.7 Å². The van der Waals surface area contributed by atoms with Crippen molar-refractivity contribution in [3.8, 4) is 5.75 Å². The standard InChI is InChI=1S/C18H16Cl2N2O4S/c1-9(2)26-11-5-3-10(4-6-11)16(23)22-18(27)21-15-7-12(17(24)25)13(19)8-14(15)20/h3-9H,1-2H3,(H,24,25)(H2,21,22,23,27). The summed E-state index contributed by atoms with van der Waals surface area (Å²) in [5.74, 6) is -0.998.